The van der Waals surface area contributed by atoms with Crippen molar-refractivity contribution in [2.75, 3.05) is 5.75 Å². The minimum atomic E-state index is -0.245. The van der Waals surface area contributed by atoms with Gasteiger partial charge < -0.3 is 5.11 Å². The van der Waals surface area contributed by atoms with Crippen LogP contribution in [-0.4, -0.2) is 27.2 Å². The molecule has 0 aliphatic heterocycles. The first-order valence-corrected chi connectivity index (χ1v) is 7.50. The lowest BCUT2D eigenvalue weighted by molar-refractivity contribution is 0.165. The molecule has 2 nitrogen and oxygen atoms in total. The first-order chi connectivity index (χ1) is 8.22. The molecule has 2 rings (SSSR count). The lowest BCUT2D eigenvalue weighted by atomic mass is 10.0. The maximum atomic E-state index is 10.3. The van der Waals surface area contributed by atoms with Gasteiger partial charge in [0.25, 0.3) is 0 Å². The Morgan fingerprint density at radius 3 is 3.18 bits per heavy atom. The van der Waals surface area contributed by atoms with Crippen molar-refractivity contribution in [2.24, 2.45) is 0 Å². The minimum absolute atomic E-state index is 0.245. The predicted octanol–water partition coefficient (Wildman–Crippen LogP) is 3.00. The fourth-order valence-corrected chi connectivity index (χ4v) is 3.31. The Kier molecular flexibility index (Phi) is 4.46. The summed E-state index contributed by atoms with van der Waals surface area (Å²) in [6.07, 6.45) is 4.88. The van der Waals surface area contributed by atoms with E-state index in [4.69, 9.17) is 0 Å². The van der Waals surface area contributed by atoms with Crippen LogP contribution >= 0.6 is 11.8 Å². The van der Waals surface area contributed by atoms with Crippen LogP contribution in [0.3, 0.4) is 0 Å². The van der Waals surface area contributed by atoms with Crippen LogP contribution in [0.1, 0.15) is 43.9 Å². The molecular formula is C14H21NOS. The number of fused-ring (bicyclic) bond motifs is 1. The molecule has 3 heteroatoms. The number of hydrogen-bond donors (Lipinski definition) is 1. The molecule has 0 fully saturated rings. The van der Waals surface area contributed by atoms with Crippen molar-refractivity contribution in [1.82, 2.24) is 4.98 Å². The number of rotatable bonds is 5. The molecule has 0 spiro atoms. The van der Waals surface area contributed by atoms with Crippen molar-refractivity contribution in [2.45, 2.75) is 50.4 Å². The summed E-state index contributed by atoms with van der Waals surface area (Å²) in [4.78, 5) is 4.44. The molecular weight excluding hydrogens is 230 g/mol. The first kappa shape index (κ1) is 12.9. The van der Waals surface area contributed by atoms with Gasteiger partial charge in [-0.2, -0.15) is 11.8 Å². The minimum Gasteiger partial charge on any atom is -0.392 e. The van der Waals surface area contributed by atoms with Gasteiger partial charge in [0.1, 0.15) is 0 Å². The van der Waals surface area contributed by atoms with E-state index in [1.807, 2.05) is 24.0 Å². The van der Waals surface area contributed by atoms with Gasteiger partial charge in [0.15, 0.2) is 0 Å². The second-order valence-corrected chi connectivity index (χ2v) is 6.28. The van der Waals surface area contributed by atoms with Gasteiger partial charge in [0.2, 0.25) is 0 Å². The molecule has 1 N–H and O–H groups in total. The smallest absolute Gasteiger partial charge is 0.0714 e. The summed E-state index contributed by atoms with van der Waals surface area (Å²) in [7, 11) is 0. The molecule has 0 saturated heterocycles. The van der Waals surface area contributed by atoms with Gasteiger partial charge in [0.05, 0.1) is 6.10 Å². The average Bonchev–Trinajstić information content (AvgIpc) is 2.79. The Morgan fingerprint density at radius 1 is 1.59 bits per heavy atom. The zero-order chi connectivity index (χ0) is 12.3. The van der Waals surface area contributed by atoms with E-state index >= 15 is 0 Å². The summed E-state index contributed by atoms with van der Waals surface area (Å²) in [5.74, 6) is 1.08. The number of hydrogen-bond acceptors (Lipinski definition) is 3. The van der Waals surface area contributed by atoms with Gasteiger partial charge in [-0.15, -0.1) is 0 Å². The van der Waals surface area contributed by atoms with Crippen molar-refractivity contribution in [3.05, 3.63) is 29.6 Å². The fraction of sp³-hybridized carbons (Fsp3) is 0.643. The molecule has 0 radical (unpaired) electrons. The van der Waals surface area contributed by atoms with Crippen molar-refractivity contribution >= 4 is 11.8 Å². The van der Waals surface area contributed by atoms with E-state index in [2.05, 4.69) is 24.9 Å². The molecule has 0 bridgehead atoms. The summed E-state index contributed by atoms with van der Waals surface area (Å²) in [5, 5.41) is 10.9. The third-order valence-corrected chi connectivity index (χ3v) is 5.03. The quantitative estimate of drug-likeness (QED) is 0.873. The van der Waals surface area contributed by atoms with E-state index in [1.54, 1.807) is 0 Å². The van der Waals surface area contributed by atoms with Crippen LogP contribution in [-0.2, 0) is 6.42 Å². The second-order valence-electron chi connectivity index (χ2n) is 4.81. The van der Waals surface area contributed by atoms with Crippen LogP contribution < -0.4 is 0 Å². The number of thioether (sulfide) groups is 1. The molecule has 0 saturated carbocycles. The summed E-state index contributed by atoms with van der Waals surface area (Å²) >= 11 is 1.87. The highest BCUT2D eigenvalue weighted by Crippen LogP contribution is 2.35. The molecule has 0 amide bonds. The zero-order valence-electron chi connectivity index (χ0n) is 10.6. The largest absolute Gasteiger partial charge is 0.392 e. The zero-order valence-corrected chi connectivity index (χ0v) is 11.4. The monoisotopic (exact) mass is 251 g/mol. The molecule has 1 heterocycles. The average molecular weight is 251 g/mol. The third-order valence-electron chi connectivity index (χ3n) is 3.59. The molecule has 17 heavy (non-hydrogen) atoms. The van der Waals surface area contributed by atoms with Gasteiger partial charge in [0, 0.05) is 28.8 Å². The summed E-state index contributed by atoms with van der Waals surface area (Å²) in [6, 6.07) is 4.12. The molecule has 3 atom stereocenters. The Balaban J connectivity index is 1.95. The topological polar surface area (TPSA) is 33.1 Å². The Hall–Kier alpha value is -0.540. The van der Waals surface area contributed by atoms with E-state index in [9.17, 15) is 5.11 Å². The van der Waals surface area contributed by atoms with Crippen molar-refractivity contribution in [1.29, 1.82) is 0 Å². The number of aliphatic hydroxyl groups is 1. The molecule has 0 aromatic carbocycles. The number of aryl methyl sites for hydroxylation is 1. The number of pyridine rings is 1. The number of aromatic nitrogens is 1. The van der Waals surface area contributed by atoms with Gasteiger partial charge in [-0.1, -0.05) is 19.9 Å². The molecule has 1 aliphatic carbocycles. The second kappa shape index (κ2) is 5.87. The van der Waals surface area contributed by atoms with E-state index in [0.29, 0.717) is 5.25 Å². The normalized spacial score (nSPS) is 22.2. The maximum absolute atomic E-state index is 10.3. The van der Waals surface area contributed by atoms with Crippen LogP contribution in [0.2, 0.25) is 0 Å². The van der Waals surface area contributed by atoms with Crippen LogP contribution in [0.25, 0.3) is 0 Å². The molecule has 1 aromatic heterocycles. The first-order valence-electron chi connectivity index (χ1n) is 6.45. The highest BCUT2D eigenvalue weighted by molar-refractivity contribution is 7.99. The van der Waals surface area contributed by atoms with Crippen molar-refractivity contribution < 1.29 is 5.11 Å². The van der Waals surface area contributed by atoms with Gasteiger partial charge in [-0.3, -0.25) is 4.98 Å². The van der Waals surface area contributed by atoms with Crippen molar-refractivity contribution in [3.8, 4) is 0 Å². The Morgan fingerprint density at radius 2 is 2.41 bits per heavy atom. The van der Waals surface area contributed by atoms with Crippen LogP contribution in [0.5, 0.6) is 0 Å². The number of nitrogens with zero attached hydrogens (tertiary/aromatic N) is 1. The molecule has 3 unspecified atom stereocenters. The van der Waals surface area contributed by atoms with Crippen LogP contribution in [0.4, 0.5) is 0 Å². The van der Waals surface area contributed by atoms with E-state index < -0.39 is 0 Å². The van der Waals surface area contributed by atoms with Gasteiger partial charge >= 0.3 is 0 Å². The predicted molar refractivity (Wildman–Crippen MR) is 73.5 cm³/mol. The SMILES string of the molecule is CCC(C)SCC(O)C1CCc2cccnc21. The number of aliphatic hydroxyl groups excluding tert-OH is 1. The molecule has 94 valence electrons. The third kappa shape index (κ3) is 3.02. The molecule has 1 aromatic rings. The van der Waals surface area contributed by atoms with Gasteiger partial charge in [-0.25, -0.2) is 0 Å². The Bertz CT molecular complexity index is 369. The lowest BCUT2D eigenvalue weighted by Crippen LogP contribution is -2.21. The summed E-state index contributed by atoms with van der Waals surface area (Å²) < 4.78 is 0. The maximum Gasteiger partial charge on any atom is 0.0714 e. The van der Waals surface area contributed by atoms with E-state index in [-0.39, 0.29) is 12.0 Å². The van der Waals surface area contributed by atoms with Gasteiger partial charge in [-0.05, 0) is 30.9 Å². The lowest BCUT2D eigenvalue weighted by Gasteiger charge is -2.19. The van der Waals surface area contributed by atoms with Crippen LogP contribution in [0.15, 0.2) is 18.3 Å². The summed E-state index contributed by atoms with van der Waals surface area (Å²) in [5.41, 5.74) is 2.45. The Labute approximate surface area is 108 Å². The van der Waals surface area contributed by atoms with Crippen LogP contribution in [0, 0.1) is 0 Å². The van der Waals surface area contributed by atoms with Crippen molar-refractivity contribution in [3.63, 3.8) is 0 Å². The summed E-state index contributed by atoms with van der Waals surface area (Å²) in [6.45, 7) is 4.41. The van der Waals surface area contributed by atoms with E-state index in [1.165, 1.54) is 5.56 Å². The highest BCUT2D eigenvalue weighted by atomic mass is 32.2. The fourth-order valence-electron chi connectivity index (χ4n) is 2.32. The molecule has 1 aliphatic rings. The standard InChI is InChI=1S/C14H21NOS/c1-3-10(2)17-9-13(16)12-7-6-11-5-4-8-15-14(11)12/h4-5,8,10,12-13,16H,3,6-7,9H2,1-2H3. The van der Waals surface area contributed by atoms with E-state index in [0.717, 1.165) is 30.7 Å². The highest BCUT2D eigenvalue weighted by Gasteiger charge is 2.29.